The summed E-state index contributed by atoms with van der Waals surface area (Å²) in [6, 6.07) is 0. The van der Waals surface area contributed by atoms with Crippen LogP contribution in [0.3, 0.4) is 0 Å². The van der Waals surface area contributed by atoms with Gasteiger partial charge >= 0.3 is 6.18 Å². The van der Waals surface area contributed by atoms with Gasteiger partial charge in [0.05, 0.1) is 17.6 Å². The van der Waals surface area contributed by atoms with Crippen molar-refractivity contribution in [3.8, 4) is 0 Å². The van der Waals surface area contributed by atoms with Crippen LogP contribution in [0.1, 0.15) is 22.0 Å². The lowest BCUT2D eigenvalue weighted by molar-refractivity contribution is -0.147. The molecule has 1 N–H and O–H groups in total. The summed E-state index contributed by atoms with van der Waals surface area (Å²) in [4.78, 5) is 29.0. The molecule has 136 valence electrons. The standard InChI is InChI=1S/C14H9Br2F3N6O/c15-6-3-20-11-8(6)9(21-5-22-11)12(26)24-1-2-25-7(4-24)10(16)23-13(25)14(17,18)19/h3,5H,1-2,4H2,(H,20,21,22). The molecule has 0 radical (unpaired) electrons. The Morgan fingerprint density at radius 1 is 1.23 bits per heavy atom. The number of halogens is 5. The van der Waals surface area contributed by atoms with Gasteiger partial charge in [-0.1, -0.05) is 0 Å². The normalized spacial score (nSPS) is 14.7. The summed E-state index contributed by atoms with van der Waals surface area (Å²) in [5, 5.41) is 0.534. The summed E-state index contributed by atoms with van der Waals surface area (Å²) < 4.78 is 41.1. The number of alkyl halides is 3. The fourth-order valence-corrected chi connectivity index (χ4v) is 3.95. The smallest absolute Gasteiger partial charge is 0.345 e. The molecule has 26 heavy (non-hydrogen) atoms. The van der Waals surface area contributed by atoms with Crippen LogP contribution in [0.4, 0.5) is 13.2 Å². The molecule has 3 aromatic rings. The van der Waals surface area contributed by atoms with Gasteiger partial charge < -0.3 is 14.5 Å². The van der Waals surface area contributed by atoms with E-state index in [-0.39, 0.29) is 35.8 Å². The predicted molar refractivity (Wildman–Crippen MR) is 91.3 cm³/mol. The minimum absolute atomic E-state index is 0.00293. The Kier molecular flexibility index (Phi) is 4.06. The molecule has 0 aromatic carbocycles. The van der Waals surface area contributed by atoms with Crippen LogP contribution in [0.25, 0.3) is 11.0 Å². The predicted octanol–water partition coefficient (Wildman–Crippen LogP) is 3.35. The molecule has 0 fully saturated rings. The van der Waals surface area contributed by atoms with Gasteiger partial charge in [-0.05, 0) is 31.9 Å². The molecule has 0 unspecified atom stereocenters. The molecule has 0 saturated carbocycles. The molecule has 0 bridgehead atoms. The van der Waals surface area contributed by atoms with Crippen LogP contribution in [0.5, 0.6) is 0 Å². The second-order valence-electron chi connectivity index (χ2n) is 5.63. The first kappa shape index (κ1) is 17.5. The van der Waals surface area contributed by atoms with Gasteiger partial charge in [0.1, 0.15) is 22.3 Å². The zero-order valence-corrected chi connectivity index (χ0v) is 16.0. The van der Waals surface area contributed by atoms with Crippen LogP contribution in [0.2, 0.25) is 0 Å². The number of H-pyrrole nitrogens is 1. The number of hydrogen-bond donors (Lipinski definition) is 1. The second-order valence-corrected chi connectivity index (χ2v) is 7.24. The van der Waals surface area contributed by atoms with E-state index in [2.05, 4.69) is 51.8 Å². The van der Waals surface area contributed by atoms with Crippen molar-refractivity contribution in [1.82, 2.24) is 29.4 Å². The van der Waals surface area contributed by atoms with Crippen molar-refractivity contribution >= 4 is 48.8 Å². The Labute approximate surface area is 160 Å². The van der Waals surface area contributed by atoms with E-state index in [0.29, 0.717) is 21.2 Å². The number of rotatable bonds is 1. The first-order valence-electron chi connectivity index (χ1n) is 7.36. The van der Waals surface area contributed by atoms with Crippen molar-refractivity contribution in [2.24, 2.45) is 0 Å². The molecule has 4 rings (SSSR count). The largest absolute Gasteiger partial charge is 0.449 e. The van der Waals surface area contributed by atoms with Crippen molar-refractivity contribution < 1.29 is 18.0 Å². The highest BCUT2D eigenvalue weighted by atomic mass is 79.9. The Bertz CT molecular complexity index is 1030. The van der Waals surface area contributed by atoms with E-state index in [1.807, 2.05) is 0 Å². The van der Waals surface area contributed by atoms with E-state index in [1.54, 1.807) is 6.20 Å². The quantitative estimate of drug-likeness (QED) is 0.563. The number of carbonyl (C=O) groups excluding carboxylic acids is 1. The summed E-state index contributed by atoms with van der Waals surface area (Å²) in [6.07, 6.45) is -1.64. The highest BCUT2D eigenvalue weighted by molar-refractivity contribution is 9.10. The topological polar surface area (TPSA) is 79.7 Å². The second kappa shape index (κ2) is 6.05. The van der Waals surface area contributed by atoms with E-state index in [4.69, 9.17) is 0 Å². The molecule has 0 atom stereocenters. The fourth-order valence-electron chi connectivity index (χ4n) is 2.96. The highest BCUT2D eigenvalue weighted by Gasteiger charge is 2.40. The summed E-state index contributed by atoms with van der Waals surface area (Å²) >= 11 is 6.41. The first-order valence-corrected chi connectivity index (χ1v) is 8.95. The Balaban J connectivity index is 1.70. The Morgan fingerprint density at radius 2 is 2.00 bits per heavy atom. The van der Waals surface area contributed by atoms with Crippen LogP contribution in [0.15, 0.2) is 21.6 Å². The third kappa shape index (κ3) is 2.71. The molecular formula is C14H9Br2F3N6O. The van der Waals surface area contributed by atoms with Gasteiger partial charge in [0.15, 0.2) is 0 Å². The minimum atomic E-state index is -4.55. The van der Waals surface area contributed by atoms with Crippen molar-refractivity contribution in [3.63, 3.8) is 0 Å². The zero-order chi connectivity index (χ0) is 18.6. The summed E-state index contributed by atoms with van der Waals surface area (Å²) in [5.74, 6) is -1.35. The average molecular weight is 494 g/mol. The van der Waals surface area contributed by atoms with Gasteiger partial charge in [-0.15, -0.1) is 0 Å². The van der Waals surface area contributed by atoms with Crippen LogP contribution in [0, 0.1) is 0 Å². The van der Waals surface area contributed by atoms with E-state index in [1.165, 1.54) is 11.2 Å². The molecule has 12 heteroatoms. The highest BCUT2D eigenvalue weighted by Crippen LogP contribution is 2.34. The minimum Gasteiger partial charge on any atom is -0.345 e. The number of hydrogen-bond acceptors (Lipinski definition) is 4. The monoisotopic (exact) mass is 492 g/mol. The number of nitrogens with zero attached hydrogens (tertiary/aromatic N) is 5. The Morgan fingerprint density at radius 3 is 2.73 bits per heavy atom. The van der Waals surface area contributed by atoms with Crippen molar-refractivity contribution in [2.45, 2.75) is 19.3 Å². The molecular weight excluding hydrogens is 485 g/mol. The maximum absolute atomic E-state index is 13.1. The van der Waals surface area contributed by atoms with Crippen molar-refractivity contribution in [3.05, 3.63) is 38.8 Å². The van der Waals surface area contributed by atoms with Gasteiger partial charge in [-0.25, -0.2) is 15.0 Å². The number of imidazole rings is 1. The number of aromatic nitrogens is 5. The summed E-state index contributed by atoms with van der Waals surface area (Å²) in [5.41, 5.74) is 0.983. The molecule has 1 amide bonds. The number of amides is 1. The SMILES string of the molecule is O=C(c1ncnc2[nH]cc(Br)c12)N1CCn2c(C(F)(F)F)nc(Br)c2C1. The maximum atomic E-state index is 13.1. The van der Waals surface area contributed by atoms with E-state index in [9.17, 15) is 18.0 Å². The number of nitrogens with one attached hydrogen (secondary N) is 1. The first-order chi connectivity index (χ1) is 12.3. The third-order valence-electron chi connectivity index (χ3n) is 4.12. The van der Waals surface area contributed by atoms with Crippen LogP contribution in [-0.2, 0) is 19.3 Å². The number of aromatic amines is 1. The lowest BCUT2D eigenvalue weighted by Crippen LogP contribution is -2.39. The van der Waals surface area contributed by atoms with Gasteiger partial charge in [0.2, 0.25) is 5.82 Å². The van der Waals surface area contributed by atoms with Crippen LogP contribution >= 0.6 is 31.9 Å². The van der Waals surface area contributed by atoms with Crippen molar-refractivity contribution in [1.29, 1.82) is 0 Å². The Hall–Kier alpha value is -1.95. The molecule has 3 aromatic heterocycles. The van der Waals surface area contributed by atoms with Crippen LogP contribution in [-0.4, -0.2) is 41.9 Å². The lowest BCUT2D eigenvalue weighted by Gasteiger charge is -2.29. The molecule has 4 heterocycles. The molecule has 1 aliphatic heterocycles. The summed E-state index contributed by atoms with van der Waals surface area (Å²) in [6.45, 7) is 0.109. The van der Waals surface area contributed by atoms with E-state index in [0.717, 1.165) is 4.57 Å². The van der Waals surface area contributed by atoms with Gasteiger partial charge in [-0.3, -0.25) is 4.79 Å². The molecule has 0 aliphatic carbocycles. The zero-order valence-electron chi connectivity index (χ0n) is 12.8. The van der Waals surface area contributed by atoms with Crippen LogP contribution < -0.4 is 0 Å². The molecule has 1 aliphatic rings. The number of fused-ring (bicyclic) bond motifs is 2. The number of carbonyl (C=O) groups is 1. The average Bonchev–Trinajstić information content (AvgIpc) is 3.15. The summed E-state index contributed by atoms with van der Waals surface area (Å²) in [7, 11) is 0. The van der Waals surface area contributed by atoms with E-state index < -0.39 is 12.0 Å². The van der Waals surface area contributed by atoms with E-state index >= 15 is 0 Å². The fraction of sp³-hybridized carbons (Fsp3) is 0.286. The van der Waals surface area contributed by atoms with Crippen molar-refractivity contribution in [2.75, 3.05) is 6.54 Å². The van der Waals surface area contributed by atoms with Gasteiger partial charge in [0, 0.05) is 23.8 Å². The van der Waals surface area contributed by atoms with Gasteiger partial charge in [-0.2, -0.15) is 13.2 Å². The van der Waals surface area contributed by atoms with Gasteiger partial charge in [0.25, 0.3) is 5.91 Å². The maximum Gasteiger partial charge on any atom is 0.449 e. The third-order valence-corrected chi connectivity index (χ3v) is 5.38. The molecule has 7 nitrogen and oxygen atoms in total. The molecule has 0 spiro atoms. The molecule has 0 saturated heterocycles. The lowest BCUT2D eigenvalue weighted by atomic mass is 10.2.